The Kier molecular flexibility index (Phi) is 6.59. The summed E-state index contributed by atoms with van der Waals surface area (Å²) in [5.41, 5.74) is 1.03. The smallest absolute Gasteiger partial charge is 0.340 e. The summed E-state index contributed by atoms with van der Waals surface area (Å²) in [7, 11) is 4.19. The summed E-state index contributed by atoms with van der Waals surface area (Å²) in [6, 6.07) is 7.11. The van der Waals surface area contributed by atoms with Crippen LogP contribution >= 0.6 is 23.8 Å². The molecule has 6 nitrogen and oxygen atoms in total. The molecule has 0 saturated carbocycles. The van der Waals surface area contributed by atoms with Gasteiger partial charge in [-0.25, -0.2) is 9.18 Å². The van der Waals surface area contributed by atoms with Crippen LogP contribution in [0.25, 0.3) is 0 Å². The topological polar surface area (TPSA) is 68.8 Å². The van der Waals surface area contributed by atoms with Crippen LogP contribution in [0.3, 0.4) is 0 Å². The van der Waals surface area contributed by atoms with E-state index in [1.54, 1.807) is 6.07 Å². The van der Waals surface area contributed by atoms with E-state index in [1.807, 2.05) is 0 Å². The van der Waals surface area contributed by atoms with E-state index in [1.165, 1.54) is 45.6 Å². The Morgan fingerprint density at radius 1 is 1.08 bits per heavy atom. The van der Waals surface area contributed by atoms with Gasteiger partial charge < -0.3 is 24.8 Å². The number of methoxy groups -OCH3 is 3. The second-order valence-corrected chi connectivity index (χ2v) is 5.77. The van der Waals surface area contributed by atoms with E-state index in [0.29, 0.717) is 22.9 Å². The van der Waals surface area contributed by atoms with Gasteiger partial charge in [0.25, 0.3) is 0 Å². The molecule has 2 N–H and O–H groups in total. The molecule has 0 aliphatic heterocycles. The number of carbonyl (C=O) groups is 1. The minimum absolute atomic E-state index is 0.0424. The van der Waals surface area contributed by atoms with Crippen molar-refractivity contribution in [2.45, 2.75) is 0 Å². The van der Waals surface area contributed by atoms with Crippen LogP contribution in [0.1, 0.15) is 10.4 Å². The summed E-state index contributed by atoms with van der Waals surface area (Å²) in [4.78, 5) is 12.0. The molecule has 2 aromatic carbocycles. The first kappa shape index (κ1) is 19.7. The maximum atomic E-state index is 13.2. The van der Waals surface area contributed by atoms with E-state index < -0.39 is 11.8 Å². The van der Waals surface area contributed by atoms with Gasteiger partial charge in [-0.05, 0) is 30.4 Å². The van der Waals surface area contributed by atoms with Crippen molar-refractivity contribution in [1.29, 1.82) is 0 Å². The van der Waals surface area contributed by atoms with Gasteiger partial charge in [0.05, 0.1) is 37.6 Å². The molecule has 0 heterocycles. The van der Waals surface area contributed by atoms with E-state index in [4.69, 9.17) is 38.0 Å². The second kappa shape index (κ2) is 8.68. The number of hydrogen-bond acceptors (Lipinski definition) is 5. The van der Waals surface area contributed by atoms with Crippen LogP contribution in [0, 0.1) is 5.82 Å². The number of ether oxygens (including phenoxy) is 3. The van der Waals surface area contributed by atoms with Gasteiger partial charge in [0.15, 0.2) is 16.6 Å². The van der Waals surface area contributed by atoms with Crippen LogP contribution in [0.4, 0.5) is 15.8 Å². The first-order valence-electron chi connectivity index (χ1n) is 7.27. The summed E-state index contributed by atoms with van der Waals surface area (Å²) in [6.45, 7) is 0. The third-order valence-corrected chi connectivity index (χ3v) is 3.85. The van der Waals surface area contributed by atoms with Crippen molar-refractivity contribution < 1.29 is 23.4 Å². The van der Waals surface area contributed by atoms with Crippen molar-refractivity contribution in [3.05, 3.63) is 46.7 Å². The summed E-state index contributed by atoms with van der Waals surface area (Å²) >= 11 is 11.0. The molecular formula is C17H16ClFN2O4S. The molecule has 0 spiro atoms. The lowest BCUT2D eigenvalue weighted by Gasteiger charge is -2.16. The third-order valence-electron chi connectivity index (χ3n) is 3.35. The zero-order valence-electron chi connectivity index (χ0n) is 14.2. The van der Waals surface area contributed by atoms with Crippen molar-refractivity contribution in [3.63, 3.8) is 0 Å². The fourth-order valence-electron chi connectivity index (χ4n) is 2.12. The van der Waals surface area contributed by atoms with Crippen molar-refractivity contribution >= 4 is 46.3 Å². The third kappa shape index (κ3) is 4.53. The molecule has 2 rings (SSSR count). The Hall–Kier alpha value is -2.58. The predicted molar refractivity (Wildman–Crippen MR) is 102 cm³/mol. The Bertz CT molecular complexity index is 848. The number of thiocarbonyl (C=S) groups is 1. The minimum Gasteiger partial charge on any atom is -0.493 e. The monoisotopic (exact) mass is 398 g/mol. The highest BCUT2D eigenvalue weighted by atomic mass is 35.5. The molecule has 0 unspecified atom stereocenters. The second-order valence-electron chi connectivity index (χ2n) is 4.95. The zero-order valence-corrected chi connectivity index (χ0v) is 15.8. The molecule has 138 valence electrons. The molecule has 0 saturated heterocycles. The highest BCUT2D eigenvalue weighted by Crippen LogP contribution is 2.34. The Labute approximate surface area is 160 Å². The first-order valence-corrected chi connectivity index (χ1v) is 8.05. The lowest BCUT2D eigenvalue weighted by atomic mass is 10.1. The maximum Gasteiger partial charge on any atom is 0.340 e. The molecule has 0 aliphatic rings. The molecule has 0 fully saturated rings. The number of halogens is 2. The van der Waals surface area contributed by atoms with Crippen LogP contribution < -0.4 is 20.1 Å². The highest BCUT2D eigenvalue weighted by Gasteiger charge is 2.18. The molecule has 9 heteroatoms. The largest absolute Gasteiger partial charge is 0.493 e. The van der Waals surface area contributed by atoms with E-state index >= 15 is 0 Å². The fraction of sp³-hybridized carbons (Fsp3) is 0.176. The average molecular weight is 399 g/mol. The summed E-state index contributed by atoms with van der Waals surface area (Å²) < 4.78 is 28.4. The summed E-state index contributed by atoms with van der Waals surface area (Å²) in [5.74, 6) is -0.358. The maximum absolute atomic E-state index is 13.2. The lowest BCUT2D eigenvalue weighted by Crippen LogP contribution is -2.21. The van der Waals surface area contributed by atoms with Gasteiger partial charge >= 0.3 is 5.97 Å². The number of rotatable bonds is 5. The van der Waals surface area contributed by atoms with E-state index in [2.05, 4.69) is 10.6 Å². The Morgan fingerprint density at radius 3 is 2.31 bits per heavy atom. The molecule has 0 amide bonds. The molecule has 2 aromatic rings. The number of benzene rings is 2. The van der Waals surface area contributed by atoms with Crippen molar-refractivity contribution in [2.24, 2.45) is 0 Å². The summed E-state index contributed by atoms with van der Waals surface area (Å²) in [6.07, 6.45) is 0. The molecule has 26 heavy (non-hydrogen) atoms. The van der Waals surface area contributed by atoms with Gasteiger partial charge in [-0.1, -0.05) is 11.6 Å². The van der Waals surface area contributed by atoms with Gasteiger partial charge in [-0.2, -0.15) is 0 Å². The van der Waals surface area contributed by atoms with Crippen LogP contribution in [0.2, 0.25) is 5.02 Å². The quantitative estimate of drug-likeness (QED) is 0.580. The molecule has 0 atom stereocenters. The molecular weight excluding hydrogens is 383 g/mol. The zero-order chi connectivity index (χ0) is 19.3. The van der Waals surface area contributed by atoms with Gasteiger partial charge in [-0.15, -0.1) is 0 Å². The SMILES string of the molecule is COC(=O)c1cc(OC)c(OC)cc1NC(=S)Nc1ccc(F)c(Cl)c1. The number of anilines is 2. The Morgan fingerprint density at radius 2 is 1.73 bits per heavy atom. The van der Waals surface area contributed by atoms with Crippen LogP contribution in [0.5, 0.6) is 11.5 Å². The van der Waals surface area contributed by atoms with Crippen molar-refractivity contribution in [3.8, 4) is 11.5 Å². The molecule has 0 aromatic heterocycles. The first-order chi connectivity index (χ1) is 12.4. The molecule has 0 radical (unpaired) electrons. The van der Waals surface area contributed by atoms with E-state index in [0.717, 1.165) is 0 Å². The van der Waals surface area contributed by atoms with Crippen LogP contribution in [-0.4, -0.2) is 32.4 Å². The van der Waals surface area contributed by atoms with Gasteiger partial charge in [-0.3, -0.25) is 0 Å². The summed E-state index contributed by atoms with van der Waals surface area (Å²) in [5, 5.41) is 5.85. The average Bonchev–Trinajstić information content (AvgIpc) is 2.63. The van der Waals surface area contributed by atoms with E-state index in [9.17, 15) is 9.18 Å². The lowest BCUT2D eigenvalue weighted by molar-refractivity contribution is 0.0601. The fourth-order valence-corrected chi connectivity index (χ4v) is 2.53. The predicted octanol–water partition coefficient (Wildman–Crippen LogP) is 4.09. The normalized spacial score (nSPS) is 10.0. The Balaban J connectivity index is 2.29. The number of nitrogens with one attached hydrogen (secondary N) is 2. The van der Waals surface area contributed by atoms with Crippen LogP contribution in [-0.2, 0) is 4.74 Å². The van der Waals surface area contributed by atoms with Crippen molar-refractivity contribution in [1.82, 2.24) is 0 Å². The van der Waals surface area contributed by atoms with Gasteiger partial charge in [0, 0.05) is 17.8 Å². The highest BCUT2D eigenvalue weighted by molar-refractivity contribution is 7.80. The number of hydrogen-bond donors (Lipinski definition) is 2. The number of esters is 1. The van der Waals surface area contributed by atoms with Gasteiger partial charge in [0.1, 0.15) is 5.82 Å². The standard InChI is InChI=1S/C17H16ClFN2O4S/c1-23-14-7-10(16(22)25-3)13(8-15(14)24-2)21-17(26)20-9-4-5-12(19)11(18)6-9/h4-8H,1-3H3,(H2,20,21,26). The molecule has 0 bridgehead atoms. The number of carbonyl (C=O) groups excluding carboxylic acids is 1. The van der Waals surface area contributed by atoms with E-state index in [-0.39, 0.29) is 15.7 Å². The minimum atomic E-state index is -0.582. The van der Waals surface area contributed by atoms with Crippen LogP contribution in [0.15, 0.2) is 30.3 Å². The van der Waals surface area contributed by atoms with Gasteiger partial charge in [0.2, 0.25) is 0 Å². The molecule has 0 aliphatic carbocycles. The van der Waals surface area contributed by atoms with Crippen molar-refractivity contribution in [2.75, 3.05) is 32.0 Å².